The Morgan fingerprint density at radius 2 is 1.58 bits per heavy atom. The van der Waals surface area contributed by atoms with E-state index < -0.39 is 12.2 Å². The van der Waals surface area contributed by atoms with Crippen LogP contribution in [0, 0.1) is 0 Å². The number of hydrogen-bond acceptors (Lipinski definition) is 4. The van der Waals surface area contributed by atoms with Crippen molar-refractivity contribution in [3.05, 3.63) is 60.2 Å². The second kappa shape index (κ2) is 8.18. The molecule has 4 nitrogen and oxygen atoms in total. The first-order valence-electron chi connectivity index (χ1n) is 8.27. The van der Waals surface area contributed by atoms with Gasteiger partial charge in [0.15, 0.2) is 0 Å². The highest BCUT2D eigenvalue weighted by Gasteiger charge is 2.14. The van der Waals surface area contributed by atoms with Crippen LogP contribution in [0.1, 0.15) is 38.9 Å². The molecule has 2 atom stereocenters. The first kappa shape index (κ1) is 18.3. The van der Waals surface area contributed by atoms with Crippen LogP contribution in [0.15, 0.2) is 54.6 Å². The molecule has 0 spiro atoms. The zero-order chi connectivity index (χ0) is 17.6. The van der Waals surface area contributed by atoms with E-state index in [1.165, 1.54) is 0 Å². The van der Waals surface area contributed by atoms with Gasteiger partial charge in [0.2, 0.25) is 0 Å². The van der Waals surface area contributed by atoms with Crippen LogP contribution in [-0.2, 0) is 0 Å². The molecule has 2 aromatic rings. The number of benzene rings is 2. The normalized spacial score (nSPS) is 14.0. The van der Waals surface area contributed by atoms with E-state index in [1.54, 1.807) is 0 Å². The lowest BCUT2D eigenvalue weighted by molar-refractivity contribution is 0.0874. The van der Waals surface area contributed by atoms with Gasteiger partial charge in [-0.3, -0.25) is 0 Å². The quantitative estimate of drug-likeness (QED) is 0.724. The molecule has 0 amide bonds. The van der Waals surface area contributed by atoms with Crippen LogP contribution in [-0.4, -0.2) is 28.5 Å². The van der Waals surface area contributed by atoms with E-state index in [1.807, 2.05) is 75.4 Å². The Bertz CT molecular complexity index is 605. The molecule has 0 saturated heterocycles. The van der Waals surface area contributed by atoms with Gasteiger partial charge >= 0.3 is 0 Å². The molecule has 3 N–H and O–H groups in total. The molecule has 2 aromatic carbocycles. The van der Waals surface area contributed by atoms with Crippen LogP contribution in [0.4, 0.5) is 5.69 Å². The van der Waals surface area contributed by atoms with E-state index in [0.717, 1.165) is 17.0 Å². The van der Waals surface area contributed by atoms with E-state index in [2.05, 4.69) is 5.32 Å². The Labute approximate surface area is 144 Å². The third-order valence-electron chi connectivity index (χ3n) is 3.50. The van der Waals surface area contributed by atoms with Crippen molar-refractivity contribution in [1.29, 1.82) is 0 Å². The van der Waals surface area contributed by atoms with Gasteiger partial charge in [0.25, 0.3) is 0 Å². The Balaban J connectivity index is 1.80. The Morgan fingerprint density at radius 3 is 2.17 bits per heavy atom. The summed E-state index contributed by atoms with van der Waals surface area (Å²) in [5.41, 5.74) is 1.50. The highest BCUT2D eigenvalue weighted by Crippen LogP contribution is 2.21. The van der Waals surface area contributed by atoms with Crippen molar-refractivity contribution in [2.24, 2.45) is 0 Å². The second-order valence-corrected chi connectivity index (χ2v) is 6.94. The standard InChI is InChI=1S/C20H27NO3/c1-20(2,3)24-18-11-9-16(10-12-18)21-14-17(22)13-19(23)15-7-5-4-6-8-15/h4-12,17,19,21-23H,13-14H2,1-3H3. The van der Waals surface area contributed by atoms with Gasteiger partial charge in [-0.2, -0.15) is 0 Å². The fourth-order valence-electron chi connectivity index (χ4n) is 2.38. The average Bonchev–Trinajstić information content (AvgIpc) is 2.53. The molecule has 0 aliphatic heterocycles. The topological polar surface area (TPSA) is 61.7 Å². The summed E-state index contributed by atoms with van der Waals surface area (Å²) < 4.78 is 5.77. The average molecular weight is 329 g/mol. The van der Waals surface area contributed by atoms with Crippen LogP contribution in [0.2, 0.25) is 0 Å². The molecule has 0 heterocycles. The van der Waals surface area contributed by atoms with Gasteiger partial charge in [-0.1, -0.05) is 30.3 Å². The summed E-state index contributed by atoms with van der Waals surface area (Å²) in [6, 6.07) is 17.0. The third kappa shape index (κ3) is 6.22. The van der Waals surface area contributed by atoms with Gasteiger partial charge < -0.3 is 20.3 Å². The molecule has 0 saturated carbocycles. The molecule has 0 fully saturated rings. The fourth-order valence-corrected chi connectivity index (χ4v) is 2.38. The summed E-state index contributed by atoms with van der Waals surface area (Å²) in [7, 11) is 0. The minimum Gasteiger partial charge on any atom is -0.488 e. The lowest BCUT2D eigenvalue weighted by atomic mass is 10.0. The van der Waals surface area contributed by atoms with Gasteiger partial charge in [-0.05, 0) is 50.6 Å². The summed E-state index contributed by atoms with van der Waals surface area (Å²) in [4.78, 5) is 0. The van der Waals surface area contributed by atoms with Crippen molar-refractivity contribution >= 4 is 5.69 Å². The van der Waals surface area contributed by atoms with E-state index >= 15 is 0 Å². The largest absolute Gasteiger partial charge is 0.488 e. The monoisotopic (exact) mass is 329 g/mol. The number of rotatable bonds is 7. The van der Waals surface area contributed by atoms with Gasteiger partial charge in [-0.15, -0.1) is 0 Å². The maximum atomic E-state index is 10.1. The Kier molecular flexibility index (Phi) is 6.23. The number of hydrogen-bond donors (Lipinski definition) is 3. The summed E-state index contributed by atoms with van der Waals surface area (Å²) in [6.07, 6.45) is -1.00. The lowest BCUT2D eigenvalue weighted by Crippen LogP contribution is -2.23. The predicted molar refractivity (Wildman–Crippen MR) is 97.3 cm³/mol. The van der Waals surface area contributed by atoms with Gasteiger partial charge in [-0.25, -0.2) is 0 Å². The molecule has 0 bridgehead atoms. The van der Waals surface area contributed by atoms with Crippen LogP contribution in [0.25, 0.3) is 0 Å². The van der Waals surface area contributed by atoms with E-state index in [-0.39, 0.29) is 5.60 Å². The molecule has 2 rings (SSSR count). The molecule has 0 aliphatic carbocycles. The van der Waals surface area contributed by atoms with Gasteiger partial charge in [0, 0.05) is 18.7 Å². The van der Waals surface area contributed by atoms with E-state index in [0.29, 0.717) is 13.0 Å². The van der Waals surface area contributed by atoms with Crippen LogP contribution >= 0.6 is 0 Å². The Hall–Kier alpha value is -2.04. The molecule has 0 aromatic heterocycles. The highest BCUT2D eigenvalue weighted by molar-refractivity contribution is 5.46. The van der Waals surface area contributed by atoms with Gasteiger partial charge in [0.1, 0.15) is 11.4 Å². The zero-order valence-electron chi connectivity index (χ0n) is 14.6. The van der Waals surface area contributed by atoms with Crippen molar-refractivity contribution in [2.45, 2.75) is 45.0 Å². The highest BCUT2D eigenvalue weighted by atomic mass is 16.5. The molecule has 0 radical (unpaired) electrons. The lowest BCUT2D eigenvalue weighted by Gasteiger charge is -2.21. The Morgan fingerprint density at radius 1 is 0.958 bits per heavy atom. The van der Waals surface area contributed by atoms with Crippen LogP contribution in [0.3, 0.4) is 0 Å². The van der Waals surface area contributed by atoms with Crippen molar-refractivity contribution in [3.63, 3.8) is 0 Å². The molecular formula is C20H27NO3. The van der Waals surface area contributed by atoms with Crippen molar-refractivity contribution < 1.29 is 14.9 Å². The summed E-state index contributed by atoms with van der Waals surface area (Å²) in [5.74, 6) is 0.813. The molecule has 4 heteroatoms. The smallest absolute Gasteiger partial charge is 0.120 e. The maximum Gasteiger partial charge on any atom is 0.120 e. The number of anilines is 1. The number of nitrogens with one attached hydrogen (secondary N) is 1. The first-order valence-corrected chi connectivity index (χ1v) is 8.27. The first-order chi connectivity index (χ1) is 11.3. The number of ether oxygens (including phenoxy) is 1. The van der Waals surface area contributed by atoms with E-state index in [4.69, 9.17) is 4.74 Å². The third-order valence-corrected chi connectivity index (χ3v) is 3.50. The molecule has 24 heavy (non-hydrogen) atoms. The number of aliphatic hydroxyl groups is 2. The van der Waals surface area contributed by atoms with Crippen molar-refractivity contribution in [1.82, 2.24) is 0 Å². The number of aliphatic hydroxyl groups excluding tert-OH is 2. The van der Waals surface area contributed by atoms with E-state index in [9.17, 15) is 10.2 Å². The van der Waals surface area contributed by atoms with Crippen LogP contribution in [0.5, 0.6) is 5.75 Å². The SMILES string of the molecule is CC(C)(C)Oc1ccc(NCC(O)CC(O)c2ccccc2)cc1. The van der Waals surface area contributed by atoms with Crippen molar-refractivity contribution in [2.75, 3.05) is 11.9 Å². The van der Waals surface area contributed by atoms with Crippen molar-refractivity contribution in [3.8, 4) is 5.75 Å². The summed E-state index contributed by atoms with van der Waals surface area (Å²) in [6.45, 7) is 6.40. The molecule has 2 unspecified atom stereocenters. The molecule has 0 aliphatic rings. The van der Waals surface area contributed by atoms with Crippen LogP contribution < -0.4 is 10.1 Å². The summed E-state index contributed by atoms with van der Waals surface area (Å²) in [5, 5.41) is 23.4. The molecule has 130 valence electrons. The predicted octanol–water partition coefficient (Wildman–Crippen LogP) is 3.76. The summed E-state index contributed by atoms with van der Waals surface area (Å²) >= 11 is 0. The van der Waals surface area contributed by atoms with Gasteiger partial charge in [0.05, 0.1) is 12.2 Å². The maximum absolute atomic E-state index is 10.1. The zero-order valence-corrected chi connectivity index (χ0v) is 14.6. The molecular weight excluding hydrogens is 302 g/mol. The minimum atomic E-state index is -0.662. The minimum absolute atomic E-state index is 0.223. The fraction of sp³-hybridized carbons (Fsp3) is 0.400. The second-order valence-electron chi connectivity index (χ2n) is 6.94.